The number of benzene rings is 3. The first-order valence-corrected chi connectivity index (χ1v) is 18.4. The summed E-state index contributed by atoms with van der Waals surface area (Å²) in [6.45, 7) is 0.298. The van der Waals surface area contributed by atoms with E-state index in [4.69, 9.17) is 19.0 Å². The van der Waals surface area contributed by atoms with E-state index in [2.05, 4.69) is 5.32 Å². The summed E-state index contributed by atoms with van der Waals surface area (Å²) < 4.78 is 20.2. The van der Waals surface area contributed by atoms with Crippen LogP contribution in [0, 0.1) is 5.41 Å². The van der Waals surface area contributed by atoms with Crippen LogP contribution in [0.25, 0.3) is 6.08 Å². The number of esters is 1. The molecule has 13 nitrogen and oxygen atoms in total. The van der Waals surface area contributed by atoms with Crippen molar-refractivity contribution in [3.05, 3.63) is 113 Å². The molecule has 3 aromatic carbocycles. The Labute approximate surface area is 313 Å². The predicted octanol–water partition coefficient (Wildman–Crippen LogP) is 2.37. The fourth-order valence-corrected chi connectivity index (χ4v) is 8.75. The molecule has 3 amide bonds. The van der Waals surface area contributed by atoms with Crippen molar-refractivity contribution in [3.8, 4) is 0 Å². The molecule has 2 N–H and O–H groups in total. The second-order valence-electron chi connectivity index (χ2n) is 14.7. The minimum atomic E-state index is -1.47. The van der Waals surface area contributed by atoms with Gasteiger partial charge in [0.05, 0.1) is 13.2 Å². The van der Waals surface area contributed by atoms with E-state index in [1.807, 2.05) is 84.9 Å². The molecule has 282 valence electrons. The zero-order valence-electron chi connectivity index (χ0n) is 30.2. The molecule has 13 heteroatoms. The number of hydroxylamine groups is 2. The van der Waals surface area contributed by atoms with Crippen LogP contribution in [0.1, 0.15) is 41.5 Å². The van der Waals surface area contributed by atoms with E-state index in [-0.39, 0.29) is 43.8 Å². The highest BCUT2D eigenvalue weighted by atomic mass is 16.8. The number of amides is 3. The van der Waals surface area contributed by atoms with Gasteiger partial charge in [-0.1, -0.05) is 84.9 Å². The second kappa shape index (κ2) is 14.4. The van der Waals surface area contributed by atoms with Crippen LogP contribution < -0.4 is 5.32 Å². The van der Waals surface area contributed by atoms with Crippen LogP contribution >= 0.6 is 0 Å². The van der Waals surface area contributed by atoms with Crippen LogP contribution in [0.3, 0.4) is 0 Å². The molecule has 0 aromatic heterocycles. The van der Waals surface area contributed by atoms with Crippen LogP contribution in [-0.2, 0) is 50.6 Å². The van der Waals surface area contributed by atoms with Gasteiger partial charge < -0.3 is 34.4 Å². The summed E-state index contributed by atoms with van der Waals surface area (Å²) in [6, 6.07) is 24.7. The molecule has 3 aromatic rings. The highest BCUT2D eigenvalue weighted by Crippen LogP contribution is 2.60. The third kappa shape index (κ3) is 6.00. The lowest BCUT2D eigenvalue weighted by Gasteiger charge is -2.50. The predicted molar refractivity (Wildman–Crippen MR) is 194 cm³/mol. The lowest BCUT2D eigenvalue weighted by molar-refractivity contribution is -0.214. The Bertz CT molecular complexity index is 1880. The van der Waals surface area contributed by atoms with Gasteiger partial charge in [-0.3, -0.25) is 24.0 Å². The number of fused-ring (bicyclic) bond motifs is 4. The molecule has 7 atom stereocenters. The lowest BCUT2D eigenvalue weighted by atomic mass is 9.62. The van der Waals surface area contributed by atoms with Crippen molar-refractivity contribution in [3.63, 3.8) is 0 Å². The van der Waals surface area contributed by atoms with Gasteiger partial charge in [-0.15, -0.1) is 0 Å². The largest absolute Gasteiger partial charge is 0.458 e. The number of ether oxygens (including phenoxy) is 3. The van der Waals surface area contributed by atoms with Gasteiger partial charge in [0.2, 0.25) is 23.5 Å². The summed E-state index contributed by atoms with van der Waals surface area (Å²) in [5.41, 5.74) is 1.62. The van der Waals surface area contributed by atoms with E-state index in [0.717, 1.165) is 22.3 Å². The van der Waals surface area contributed by atoms with Crippen molar-refractivity contribution < 1.29 is 43.3 Å². The maximum atomic E-state index is 15.3. The molecule has 5 aliphatic rings. The molecule has 1 aliphatic carbocycles. The van der Waals surface area contributed by atoms with Gasteiger partial charge in [0.15, 0.2) is 6.04 Å². The SMILES string of the molecule is CN(C)C(=O)C=Cc1ccc(CN2O[C@@H]3[C@H]4OC(c5ccccc5)(c5ccccc5)O[C@H]4[C@@H]4C[C@]3(C(=O)N3CCC[C@@H]3C(=O)NCCO)[C@@H]2C(=O)O4)cc1. The molecular formula is C41H44N4O9. The summed E-state index contributed by atoms with van der Waals surface area (Å²) in [5, 5.41) is 13.6. The van der Waals surface area contributed by atoms with Gasteiger partial charge in [0.1, 0.15) is 35.9 Å². The molecule has 0 spiro atoms. The van der Waals surface area contributed by atoms with Crippen molar-refractivity contribution in [1.82, 2.24) is 20.2 Å². The number of carbonyl (C=O) groups excluding carboxylic acids is 4. The normalized spacial score (nSPS) is 29.5. The number of hydrogen-bond acceptors (Lipinski definition) is 10. The molecule has 4 saturated heterocycles. The Hall–Kier alpha value is -4.92. The Morgan fingerprint density at radius 1 is 0.944 bits per heavy atom. The minimum Gasteiger partial charge on any atom is -0.458 e. The summed E-state index contributed by atoms with van der Waals surface area (Å²) in [5.74, 6) is -2.86. The first kappa shape index (κ1) is 36.1. The smallest absolute Gasteiger partial charge is 0.327 e. The van der Waals surface area contributed by atoms with Crippen molar-refractivity contribution in [1.29, 1.82) is 0 Å². The van der Waals surface area contributed by atoms with E-state index in [0.29, 0.717) is 19.4 Å². The number of rotatable bonds is 10. The minimum absolute atomic E-state index is 0.0651. The van der Waals surface area contributed by atoms with Crippen molar-refractivity contribution >= 4 is 29.8 Å². The Morgan fingerprint density at radius 3 is 2.26 bits per heavy atom. The van der Waals surface area contributed by atoms with E-state index < -0.39 is 53.7 Å². The quantitative estimate of drug-likeness (QED) is 0.235. The Balaban J connectivity index is 1.18. The summed E-state index contributed by atoms with van der Waals surface area (Å²) >= 11 is 0. The maximum Gasteiger partial charge on any atom is 0.327 e. The van der Waals surface area contributed by atoms with E-state index >= 15 is 4.79 Å². The van der Waals surface area contributed by atoms with Crippen LogP contribution in [0.5, 0.6) is 0 Å². The number of aliphatic hydroxyl groups is 1. The van der Waals surface area contributed by atoms with Gasteiger partial charge in [-0.05, 0) is 30.0 Å². The molecule has 4 heterocycles. The number of likely N-dealkylation sites (N-methyl/N-ethyl adjacent to an activating group) is 1. The molecule has 0 unspecified atom stereocenters. The topological polar surface area (TPSA) is 147 Å². The van der Waals surface area contributed by atoms with Crippen LogP contribution in [0.15, 0.2) is 91.0 Å². The lowest BCUT2D eigenvalue weighted by Crippen LogP contribution is -2.70. The zero-order valence-corrected chi connectivity index (χ0v) is 30.2. The third-order valence-corrected chi connectivity index (χ3v) is 11.3. The van der Waals surface area contributed by atoms with Gasteiger partial charge >= 0.3 is 5.97 Å². The van der Waals surface area contributed by atoms with Crippen molar-refractivity contribution in [2.24, 2.45) is 5.41 Å². The summed E-state index contributed by atoms with van der Waals surface area (Å²) in [4.78, 5) is 64.9. The molecule has 54 heavy (non-hydrogen) atoms. The Kier molecular flexibility index (Phi) is 9.61. The molecule has 2 bridgehead atoms. The van der Waals surface area contributed by atoms with Crippen molar-refractivity contribution in [2.45, 2.75) is 68.1 Å². The second-order valence-corrected chi connectivity index (χ2v) is 14.7. The van der Waals surface area contributed by atoms with Crippen LogP contribution in [0.4, 0.5) is 0 Å². The number of nitrogens with zero attached hydrogens (tertiary/aromatic N) is 3. The zero-order chi connectivity index (χ0) is 37.6. The van der Waals surface area contributed by atoms with Gasteiger partial charge in [0.25, 0.3) is 0 Å². The highest BCUT2D eigenvalue weighted by molar-refractivity contribution is 5.96. The fraction of sp³-hybridized carbons (Fsp3) is 0.415. The van der Waals surface area contributed by atoms with E-state index in [1.54, 1.807) is 25.1 Å². The van der Waals surface area contributed by atoms with Gasteiger partial charge in [-0.25, -0.2) is 0 Å². The first-order valence-electron chi connectivity index (χ1n) is 18.4. The standard InChI is InChI=1S/C41H44N4O9/c1-43(2)32(47)20-19-26-15-17-27(18-16-26)25-45-35-38(49)51-31-24-40(35,39(50)44-22-9-14-30(44)37(48)42-21-23-46)36(54-45)34-33(31)52-41(53-34,28-10-5-3-6-11-28)29-12-7-4-8-13-29/h3-8,10-13,15-20,30-31,33-36,46H,9,14,21-25H2,1-2H3,(H,42,48)/t30-,31+,33+,34+,35+,36-,40+/m1/s1. The van der Waals surface area contributed by atoms with Gasteiger partial charge in [0, 0.05) is 50.8 Å². The first-order chi connectivity index (χ1) is 26.2. The molecule has 0 radical (unpaired) electrons. The average molecular weight is 737 g/mol. The molecule has 8 rings (SSSR count). The number of carbonyl (C=O) groups is 4. The Morgan fingerprint density at radius 2 is 1.61 bits per heavy atom. The van der Waals surface area contributed by atoms with Gasteiger partial charge in [-0.2, -0.15) is 5.06 Å². The van der Waals surface area contributed by atoms with E-state index in [1.165, 1.54) is 16.0 Å². The van der Waals surface area contributed by atoms with Crippen LogP contribution in [0.2, 0.25) is 0 Å². The molecule has 4 aliphatic heterocycles. The summed E-state index contributed by atoms with van der Waals surface area (Å²) in [7, 11) is 3.37. The summed E-state index contributed by atoms with van der Waals surface area (Å²) in [6.07, 6.45) is 0.948. The molecular weight excluding hydrogens is 692 g/mol. The molecule has 1 saturated carbocycles. The fourth-order valence-electron chi connectivity index (χ4n) is 8.75. The monoisotopic (exact) mass is 736 g/mol. The maximum absolute atomic E-state index is 15.3. The van der Waals surface area contributed by atoms with E-state index in [9.17, 15) is 19.5 Å². The average Bonchev–Trinajstić information content (AvgIpc) is 3.93. The van der Waals surface area contributed by atoms with Crippen molar-refractivity contribution in [2.75, 3.05) is 33.8 Å². The third-order valence-electron chi connectivity index (χ3n) is 11.3. The molecule has 5 fully saturated rings. The number of hydrogen-bond donors (Lipinski definition) is 2. The number of likely N-dealkylation sites (tertiary alicyclic amines) is 1. The number of nitrogens with one attached hydrogen (secondary N) is 1. The van der Waals surface area contributed by atoms with Crippen LogP contribution in [-0.4, -0.2) is 114 Å². The highest BCUT2D eigenvalue weighted by Gasteiger charge is 2.77. The number of aliphatic hydroxyl groups excluding tert-OH is 1.